The maximum Gasteiger partial charge on any atom is 0.315 e. The highest BCUT2D eigenvalue weighted by Gasteiger charge is 2.12. The second-order valence-electron chi connectivity index (χ2n) is 1.95. The van der Waals surface area contributed by atoms with Crippen LogP contribution in [0.15, 0.2) is 12.3 Å². The number of carbonyl (C=O) groups excluding carboxylic acids is 2. The maximum absolute atomic E-state index is 10.6. The van der Waals surface area contributed by atoms with Crippen molar-refractivity contribution < 1.29 is 9.59 Å². The lowest BCUT2D eigenvalue weighted by Gasteiger charge is -2.21. The van der Waals surface area contributed by atoms with Gasteiger partial charge in [-0.1, -0.05) is 0 Å². The second kappa shape index (κ2) is 6.38. The minimum absolute atomic E-state index is 0. The molecule has 0 saturated carbocycles. The van der Waals surface area contributed by atoms with Gasteiger partial charge in [0, 0.05) is 12.3 Å². The fourth-order valence-corrected chi connectivity index (χ4v) is 0.672. The van der Waals surface area contributed by atoms with E-state index >= 15 is 0 Å². The summed E-state index contributed by atoms with van der Waals surface area (Å²) in [6.07, 6.45) is 2.13. The van der Waals surface area contributed by atoms with E-state index in [1.807, 2.05) is 0 Å². The zero-order valence-corrected chi connectivity index (χ0v) is 8.08. The Kier molecular flexibility index (Phi) is 7.07. The molecule has 1 aliphatic heterocycles. The van der Waals surface area contributed by atoms with Gasteiger partial charge in [-0.05, 0) is 0 Å². The number of carbonyl (C=O) groups is 2. The Bertz CT molecular complexity index is 221. The molecule has 1 rings (SSSR count). The number of hydrogen-bond donors (Lipinski definition) is 4. The van der Waals surface area contributed by atoms with E-state index < -0.39 is 12.3 Å². The predicted octanol–water partition coefficient (Wildman–Crippen LogP) is -0.985. The van der Waals surface area contributed by atoms with Gasteiger partial charge < -0.3 is 21.7 Å². The molecule has 76 valence electrons. The van der Waals surface area contributed by atoms with E-state index in [-0.39, 0.29) is 30.7 Å². The van der Waals surface area contributed by atoms with Gasteiger partial charge in [0.05, 0.1) is 0 Å². The van der Waals surface area contributed by atoms with Crippen molar-refractivity contribution in [3.8, 4) is 0 Å². The van der Waals surface area contributed by atoms with Gasteiger partial charge in [-0.3, -0.25) is 4.79 Å². The summed E-state index contributed by atoms with van der Waals surface area (Å²) in [5.41, 5.74) is 4.80. The van der Waals surface area contributed by atoms with E-state index in [2.05, 4.69) is 16.0 Å². The van der Waals surface area contributed by atoms with Crippen LogP contribution in [0.1, 0.15) is 0 Å². The summed E-state index contributed by atoms with van der Waals surface area (Å²) >= 11 is 0. The molecule has 0 aromatic rings. The van der Waals surface area contributed by atoms with Crippen LogP contribution in [0.2, 0.25) is 0 Å². The van der Waals surface area contributed by atoms with Crippen molar-refractivity contribution in [1.82, 2.24) is 16.0 Å². The molecule has 13 heavy (non-hydrogen) atoms. The number of nitrogens with one attached hydrogen (secondary N) is 3. The molecule has 8 heteroatoms. The molecule has 0 spiro atoms. The van der Waals surface area contributed by atoms with Gasteiger partial charge in [0.1, 0.15) is 0 Å². The molecule has 5 N–H and O–H groups in total. The van der Waals surface area contributed by atoms with E-state index in [4.69, 9.17) is 5.73 Å². The molecule has 0 radical (unpaired) electrons. The Labute approximate surface area is 87.1 Å². The number of urea groups is 1. The molecule has 0 fully saturated rings. The van der Waals surface area contributed by atoms with Crippen molar-refractivity contribution in [2.45, 2.75) is 6.29 Å². The third-order valence-electron chi connectivity index (χ3n) is 1.07. The normalized spacial score (nSPS) is 18.5. The highest BCUT2D eigenvalue weighted by molar-refractivity contribution is 5.88. The highest BCUT2D eigenvalue weighted by atomic mass is 35.5. The Balaban J connectivity index is 0. The van der Waals surface area contributed by atoms with Gasteiger partial charge in [-0.15, -0.1) is 24.8 Å². The summed E-state index contributed by atoms with van der Waals surface area (Å²) in [6, 6.07) is -0.696. The molecule has 0 aliphatic carbocycles. The first-order valence-corrected chi connectivity index (χ1v) is 2.97. The molecule has 0 aromatic carbocycles. The van der Waals surface area contributed by atoms with Crippen LogP contribution in [0.25, 0.3) is 0 Å². The Morgan fingerprint density at radius 2 is 2.15 bits per heavy atom. The van der Waals surface area contributed by atoms with Gasteiger partial charge >= 0.3 is 6.03 Å². The summed E-state index contributed by atoms with van der Waals surface area (Å²) in [4.78, 5) is 20.9. The van der Waals surface area contributed by atoms with Gasteiger partial charge in [-0.2, -0.15) is 0 Å². The number of nitrogens with two attached hydrogens (primary N) is 1. The van der Waals surface area contributed by atoms with Crippen molar-refractivity contribution >= 4 is 36.8 Å². The standard InChI is InChI=1S/C5H8N4O2.2ClH/c6-4(11)9-5-7-2-1-3(10)8-5;;/h1-2,5,7H,(H,8,10)(H3,6,9,11);2*1H. The zero-order valence-electron chi connectivity index (χ0n) is 6.44. The van der Waals surface area contributed by atoms with Crippen LogP contribution in [-0.4, -0.2) is 18.2 Å². The van der Waals surface area contributed by atoms with Crippen molar-refractivity contribution in [1.29, 1.82) is 0 Å². The van der Waals surface area contributed by atoms with E-state index in [1.165, 1.54) is 12.3 Å². The Morgan fingerprint density at radius 3 is 2.62 bits per heavy atom. The zero-order chi connectivity index (χ0) is 8.27. The summed E-state index contributed by atoms with van der Waals surface area (Å²) in [7, 11) is 0. The number of halogens is 2. The first-order chi connectivity index (χ1) is 5.18. The fourth-order valence-electron chi connectivity index (χ4n) is 0.672. The molecule has 1 atom stereocenters. The van der Waals surface area contributed by atoms with Gasteiger partial charge in [0.2, 0.25) is 5.91 Å². The maximum atomic E-state index is 10.6. The lowest BCUT2D eigenvalue weighted by Crippen LogP contribution is -2.57. The van der Waals surface area contributed by atoms with E-state index in [9.17, 15) is 9.59 Å². The van der Waals surface area contributed by atoms with Crippen LogP contribution in [0.3, 0.4) is 0 Å². The third-order valence-corrected chi connectivity index (χ3v) is 1.07. The average molecular weight is 229 g/mol. The predicted molar refractivity (Wildman–Crippen MR) is 51.4 cm³/mol. The smallest absolute Gasteiger partial charge is 0.315 e. The number of hydrogen-bond acceptors (Lipinski definition) is 3. The topological polar surface area (TPSA) is 96.2 Å². The third kappa shape index (κ3) is 5.15. The molecule has 0 bridgehead atoms. The number of amides is 3. The van der Waals surface area contributed by atoms with Gasteiger partial charge in [0.15, 0.2) is 6.29 Å². The summed E-state index contributed by atoms with van der Waals surface area (Å²) in [6.45, 7) is 0. The summed E-state index contributed by atoms with van der Waals surface area (Å²) < 4.78 is 0. The molecule has 1 unspecified atom stereocenters. The minimum Gasteiger partial charge on any atom is -0.354 e. The lowest BCUT2D eigenvalue weighted by atomic mass is 10.5. The van der Waals surface area contributed by atoms with Gasteiger partial charge in [-0.25, -0.2) is 4.79 Å². The summed E-state index contributed by atoms with van der Waals surface area (Å²) in [5.74, 6) is -0.275. The first kappa shape index (κ1) is 14.4. The SMILES string of the molecule is Cl.Cl.NC(=O)NC1NC=CC(=O)N1. The van der Waals surface area contributed by atoms with Crippen molar-refractivity contribution in [3.05, 3.63) is 12.3 Å². The van der Waals surface area contributed by atoms with E-state index in [1.54, 1.807) is 0 Å². The molecule has 0 aromatic heterocycles. The van der Waals surface area contributed by atoms with Crippen LogP contribution >= 0.6 is 24.8 Å². The average Bonchev–Trinajstić information content (AvgIpc) is 1.85. The summed E-state index contributed by atoms with van der Waals surface area (Å²) in [5, 5.41) is 7.31. The first-order valence-electron chi connectivity index (χ1n) is 2.97. The lowest BCUT2D eigenvalue weighted by molar-refractivity contribution is -0.117. The van der Waals surface area contributed by atoms with Crippen LogP contribution in [0, 0.1) is 0 Å². The molecule has 1 aliphatic rings. The minimum atomic E-state index is -0.696. The van der Waals surface area contributed by atoms with Crippen LogP contribution < -0.4 is 21.7 Å². The van der Waals surface area contributed by atoms with Crippen molar-refractivity contribution in [2.75, 3.05) is 0 Å². The quantitative estimate of drug-likeness (QED) is 0.465. The van der Waals surface area contributed by atoms with Gasteiger partial charge in [0.25, 0.3) is 0 Å². The van der Waals surface area contributed by atoms with Crippen LogP contribution in [0.4, 0.5) is 4.79 Å². The monoisotopic (exact) mass is 228 g/mol. The van der Waals surface area contributed by atoms with Crippen LogP contribution in [0.5, 0.6) is 0 Å². The largest absolute Gasteiger partial charge is 0.354 e. The van der Waals surface area contributed by atoms with Crippen molar-refractivity contribution in [2.24, 2.45) is 5.73 Å². The van der Waals surface area contributed by atoms with E-state index in [0.717, 1.165) is 0 Å². The number of rotatable bonds is 1. The van der Waals surface area contributed by atoms with Crippen LogP contribution in [-0.2, 0) is 4.79 Å². The van der Waals surface area contributed by atoms with E-state index in [0.29, 0.717) is 0 Å². The molecule has 6 nitrogen and oxygen atoms in total. The number of primary amides is 1. The highest BCUT2D eigenvalue weighted by Crippen LogP contribution is 1.82. The molecular formula is C5H10Cl2N4O2. The molecule has 3 amide bonds. The van der Waals surface area contributed by atoms with Crippen molar-refractivity contribution in [3.63, 3.8) is 0 Å². The fraction of sp³-hybridized carbons (Fsp3) is 0.200. The Morgan fingerprint density at radius 1 is 1.54 bits per heavy atom. The molecular weight excluding hydrogens is 219 g/mol. The second-order valence-corrected chi connectivity index (χ2v) is 1.95. The molecule has 0 saturated heterocycles. The molecule has 1 heterocycles. The Hall–Kier alpha value is -1.14.